The number of hydrogen-bond acceptors (Lipinski definition) is 6. The molecule has 1 N–H and O–H groups in total. The maximum atomic E-state index is 12.7. The third kappa shape index (κ3) is 6.93. The minimum absolute atomic E-state index is 0.115. The van der Waals surface area contributed by atoms with Gasteiger partial charge in [-0.1, -0.05) is 83.5 Å². The summed E-state index contributed by atoms with van der Waals surface area (Å²) in [5.41, 5.74) is 4.47. The standard InChI is InChI=1S/C29H38O4S.C22H32O2/c1-19-5-8-23(9-6-19)34(31,32)33-18-20(2)25-11-12-26-24-10-7-21-17-22(30)13-15-28(21,3)27(24)14-16-29(25,26)4;1-14(13-23)18-6-7-19-17-5-4-15-12-16(24)8-10-21(15,2)20(17)9-11-22(18,19)3/h5-10,17,20,24-27H,11-16,18H2,1-4H3;4-5,12,14,17-20,23H,6-11,13H2,1-3H3/t20-,24?,25?,26?,27?,28+,29-;14-,17?,18?,19?,20?,21+,22-/m11/s1. The summed E-state index contributed by atoms with van der Waals surface area (Å²) in [6.45, 7) is 16.6. The minimum atomic E-state index is -3.74. The van der Waals surface area contributed by atoms with Crippen molar-refractivity contribution in [2.45, 2.75) is 130 Å². The molecule has 0 radical (unpaired) electrons. The molecule has 1 aromatic rings. The second-order valence-electron chi connectivity index (χ2n) is 21.4. The fourth-order valence-electron chi connectivity index (χ4n) is 15.2. The van der Waals surface area contributed by atoms with Crippen LogP contribution in [0.1, 0.15) is 124 Å². The van der Waals surface area contributed by atoms with Crippen molar-refractivity contribution < 1.29 is 27.3 Å². The molecule has 4 fully saturated rings. The van der Waals surface area contributed by atoms with Gasteiger partial charge in [-0.15, -0.1) is 0 Å². The van der Waals surface area contributed by atoms with E-state index in [4.69, 9.17) is 4.18 Å². The molecule has 316 valence electrons. The molecular formula is C51H70O6S. The Labute approximate surface area is 349 Å². The number of benzene rings is 1. The van der Waals surface area contributed by atoms with Crippen LogP contribution in [0, 0.1) is 87.8 Å². The summed E-state index contributed by atoms with van der Waals surface area (Å²) in [5, 5.41) is 9.70. The van der Waals surface area contributed by atoms with Crippen LogP contribution < -0.4 is 0 Å². The van der Waals surface area contributed by atoms with E-state index in [1.54, 1.807) is 12.1 Å². The van der Waals surface area contributed by atoms with Gasteiger partial charge in [0.05, 0.1) is 11.5 Å². The summed E-state index contributed by atoms with van der Waals surface area (Å²) in [6.07, 6.45) is 26.4. The number of rotatable bonds is 7. The predicted octanol–water partition coefficient (Wildman–Crippen LogP) is 10.8. The zero-order valence-corrected chi connectivity index (χ0v) is 37.2. The summed E-state index contributed by atoms with van der Waals surface area (Å²) in [5.74, 6) is 6.17. The molecule has 58 heavy (non-hydrogen) atoms. The molecule has 14 atom stereocenters. The molecule has 9 rings (SSSR count). The molecule has 4 saturated carbocycles. The fourth-order valence-corrected chi connectivity index (χ4v) is 16.2. The molecule has 6 nitrogen and oxygen atoms in total. The molecule has 0 aliphatic heterocycles. The number of carbonyl (C=O) groups is 2. The molecule has 0 heterocycles. The molecule has 7 heteroatoms. The van der Waals surface area contributed by atoms with E-state index in [2.05, 4.69) is 65.8 Å². The Balaban J connectivity index is 0.000000172. The zero-order valence-electron chi connectivity index (χ0n) is 36.3. The van der Waals surface area contributed by atoms with Crippen molar-refractivity contribution in [2.24, 2.45) is 80.8 Å². The fraction of sp³-hybridized carbons (Fsp3) is 0.686. The number of hydrogen-bond donors (Lipinski definition) is 1. The van der Waals surface area contributed by atoms with Crippen molar-refractivity contribution in [2.75, 3.05) is 13.2 Å². The van der Waals surface area contributed by atoms with E-state index in [0.717, 1.165) is 37.2 Å². The molecule has 8 unspecified atom stereocenters. The first-order chi connectivity index (χ1) is 27.4. The van der Waals surface area contributed by atoms with Gasteiger partial charge < -0.3 is 5.11 Å². The van der Waals surface area contributed by atoms with Gasteiger partial charge in [0.15, 0.2) is 11.6 Å². The van der Waals surface area contributed by atoms with Crippen LogP contribution in [0.4, 0.5) is 0 Å². The number of carbonyl (C=O) groups excluding carboxylic acids is 2. The number of aliphatic hydroxyl groups excluding tert-OH is 1. The van der Waals surface area contributed by atoms with E-state index >= 15 is 0 Å². The minimum Gasteiger partial charge on any atom is -0.396 e. The normalized spacial score (nSPS) is 42.3. The lowest BCUT2D eigenvalue weighted by atomic mass is 9.48. The lowest BCUT2D eigenvalue weighted by Crippen LogP contribution is -2.49. The summed E-state index contributed by atoms with van der Waals surface area (Å²) in [7, 11) is -3.74. The number of fused-ring (bicyclic) bond motifs is 10. The van der Waals surface area contributed by atoms with Crippen LogP contribution in [0.15, 0.2) is 76.8 Å². The average Bonchev–Trinajstić information content (AvgIpc) is 3.74. The van der Waals surface area contributed by atoms with Gasteiger partial charge in [0, 0.05) is 19.4 Å². The van der Waals surface area contributed by atoms with Crippen LogP contribution in [-0.4, -0.2) is 38.3 Å². The highest BCUT2D eigenvalue weighted by Crippen LogP contribution is 2.67. The Kier molecular flexibility index (Phi) is 11.2. The molecule has 0 amide bonds. The molecule has 0 aromatic heterocycles. The van der Waals surface area contributed by atoms with Crippen molar-refractivity contribution in [1.29, 1.82) is 0 Å². The molecule has 0 saturated heterocycles. The molecular weight excluding hydrogens is 741 g/mol. The first-order valence-corrected chi connectivity index (χ1v) is 24.3. The average molecular weight is 811 g/mol. The third-order valence-electron chi connectivity index (χ3n) is 18.6. The first kappa shape index (κ1) is 42.1. The molecule has 8 aliphatic rings. The number of allylic oxidation sites excluding steroid dienone is 8. The third-order valence-corrected chi connectivity index (χ3v) is 19.9. The van der Waals surface area contributed by atoms with Gasteiger partial charge >= 0.3 is 0 Å². The second-order valence-corrected chi connectivity index (χ2v) is 23.0. The maximum absolute atomic E-state index is 12.7. The zero-order chi connectivity index (χ0) is 41.4. The van der Waals surface area contributed by atoms with Crippen molar-refractivity contribution in [3.63, 3.8) is 0 Å². The first-order valence-electron chi connectivity index (χ1n) is 22.9. The van der Waals surface area contributed by atoms with Crippen molar-refractivity contribution in [3.05, 3.63) is 77.4 Å². The Bertz CT molecular complexity index is 2010. The number of aryl methyl sites for hydroxylation is 1. The van der Waals surface area contributed by atoms with E-state index in [9.17, 15) is 23.1 Å². The van der Waals surface area contributed by atoms with Gasteiger partial charge in [0.1, 0.15) is 0 Å². The van der Waals surface area contributed by atoms with Crippen LogP contribution >= 0.6 is 0 Å². The predicted molar refractivity (Wildman–Crippen MR) is 230 cm³/mol. The summed E-state index contributed by atoms with van der Waals surface area (Å²) in [4.78, 5) is 24.1. The highest BCUT2D eigenvalue weighted by molar-refractivity contribution is 7.86. The van der Waals surface area contributed by atoms with E-state index < -0.39 is 10.1 Å². The molecule has 1 aromatic carbocycles. The van der Waals surface area contributed by atoms with Gasteiger partial charge in [-0.25, -0.2) is 0 Å². The molecule has 0 bridgehead atoms. The Hall–Kier alpha value is -2.61. The largest absolute Gasteiger partial charge is 0.396 e. The van der Waals surface area contributed by atoms with Crippen LogP contribution in [0.5, 0.6) is 0 Å². The SMILES string of the molecule is C[C@H](CO)C1CCC2C3C=CC4=CC(=O)CC[C@]4(C)C3CC[C@@]21C.Cc1ccc(S(=O)(=O)OC[C@@H](C)C2CCC3C4C=CC5=CC(=O)CC[C@]5(C)C4CC[C@@]32C)cc1. The van der Waals surface area contributed by atoms with E-state index in [-0.39, 0.29) is 39.4 Å². The Morgan fingerprint density at radius 3 is 1.60 bits per heavy atom. The smallest absolute Gasteiger partial charge is 0.296 e. The van der Waals surface area contributed by atoms with Crippen LogP contribution in [0.25, 0.3) is 0 Å². The van der Waals surface area contributed by atoms with Crippen molar-refractivity contribution in [1.82, 2.24) is 0 Å². The summed E-state index contributed by atoms with van der Waals surface area (Å²) < 4.78 is 31.1. The summed E-state index contributed by atoms with van der Waals surface area (Å²) >= 11 is 0. The lowest BCUT2D eigenvalue weighted by Gasteiger charge is -2.56. The van der Waals surface area contributed by atoms with Crippen LogP contribution in [0.3, 0.4) is 0 Å². The van der Waals surface area contributed by atoms with Crippen LogP contribution in [-0.2, 0) is 23.9 Å². The highest BCUT2D eigenvalue weighted by Gasteiger charge is 2.60. The van der Waals surface area contributed by atoms with E-state index in [1.807, 2.05) is 31.2 Å². The van der Waals surface area contributed by atoms with Crippen molar-refractivity contribution >= 4 is 21.7 Å². The number of ketones is 2. The summed E-state index contributed by atoms with van der Waals surface area (Å²) in [6, 6.07) is 6.87. The second kappa shape index (κ2) is 15.4. The van der Waals surface area contributed by atoms with Gasteiger partial charge in [-0.2, -0.15) is 8.42 Å². The molecule has 8 aliphatic carbocycles. The van der Waals surface area contributed by atoms with Crippen LogP contribution in [0.2, 0.25) is 0 Å². The highest BCUT2D eigenvalue weighted by atomic mass is 32.2. The topological polar surface area (TPSA) is 97.7 Å². The maximum Gasteiger partial charge on any atom is 0.296 e. The van der Waals surface area contributed by atoms with Gasteiger partial charge in [0.2, 0.25) is 0 Å². The van der Waals surface area contributed by atoms with Gasteiger partial charge in [-0.05, 0) is 187 Å². The monoisotopic (exact) mass is 810 g/mol. The quantitative estimate of drug-likeness (QED) is 0.276. The van der Waals surface area contributed by atoms with E-state index in [0.29, 0.717) is 71.6 Å². The van der Waals surface area contributed by atoms with Gasteiger partial charge in [0.25, 0.3) is 10.1 Å². The van der Waals surface area contributed by atoms with E-state index in [1.165, 1.54) is 56.1 Å². The number of aliphatic hydroxyl groups is 1. The van der Waals surface area contributed by atoms with Gasteiger partial charge in [-0.3, -0.25) is 13.8 Å². The van der Waals surface area contributed by atoms with Crippen molar-refractivity contribution in [3.8, 4) is 0 Å². The Morgan fingerprint density at radius 1 is 0.672 bits per heavy atom. The molecule has 0 spiro atoms. The lowest BCUT2D eigenvalue weighted by molar-refractivity contribution is -0.117. The Morgan fingerprint density at radius 2 is 1.14 bits per heavy atom.